The van der Waals surface area contributed by atoms with Crippen LogP contribution in [0.4, 0.5) is 4.39 Å². The molecule has 0 fully saturated rings. The highest BCUT2D eigenvalue weighted by atomic mass is 19.1. The highest BCUT2D eigenvalue weighted by Crippen LogP contribution is 2.06. The second kappa shape index (κ2) is 10.9. The van der Waals surface area contributed by atoms with Crippen molar-refractivity contribution in [2.45, 2.75) is 26.3 Å². The number of imidazole rings is 1. The summed E-state index contributed by atoms with van der Waals surface area (Å²) in [7, 11) is 0. The number of carbonyl (C=O) groups excluding carboxylic acids is 2. The first-order chi connectivity index (χ1) is 13.1. The molecule has 6 nitrogen and oxygen atoms in total. The summed E-state index contributed by atoms with van der Waals surface area (Å²) in [6.45, 7) is 3.58. The van der Waals surface area contributed by atoms with Crippen LogP contribution in [0.5, 0.6) is 0 Å². The van der Waals surface area contributed by atoms with E-state index in [9.17, 15) is 14.0 Å². The first-order valence-electron chi connectivity index (χ1n) is 8.92. The Kier molecular flexibility index (Phi) is 8.22. The summed E-state index contributed by atoms with van der Waals surface area (Å²) in [6, 6.07) is 5.88. The molecule has 1 heterocycles. The van der Waals surface area contributed by atoms with E-state index in [0.29, 0.717) is 13.2 Å². The molecule has 1 aromatic heterocycles. The average Bonchev–Trinajstić information content (AvgIpc) is 3.17. The quantitative estimate of drug-likeness (QED) is 0.474. The molecule has 1 amide bonds. The number of hydrogen-bond donors (Lipinski definition) is 0. The molecule has 27 heavy (non-hydrogen) atoms. The monoisotopic (exact) mass is 373 g/mol. The van der Waals surface area contributed by atoms with Gasteiger partial charge in [0.2, 0.25) is 5.91 Å². The van der Waals surface area contributed by atoms with Crippen molar-refractivity contribution in [3.63, 3.8) is 0 Å². The third-order valence-electron chi connectivity index (χ3n) is 3.89. The van der Waals surface area contributed by atoms with E-state index in [2.05, 4.69) is 4.98 Å². The van der Waals surface area contributed by atoms with Crippen LogP contribution in [0.2, 0.25) is 0 Å². The lowest BCUT2D eigenvalue weighted by molar-refractivity contribution is -0.143. The number of rotatable bonds is 10. The summed E-state index contributed by atoms with van der Waals surface area (Å²) >= 11 is 0. The van der Waals surface area contributed by atoms with Gasteiger partial charge in [-0.25, -0.2) is 9.37 Å². The maximum Gasteiger partial charge on any atom is 0.307 e. The van der Waals surface area contributed by atoms with Gasteiger partial charge in [0.1, 0.15) is 5.82 Å². The molecule has 0 bridgehead atoms. The summed E-state index contributed by atoms with van der Waals surface area (Å²) < 4.78 is 19.8. The minimum atomic E-state index is -0.326. The number of aryl methyl sites for hydroxylation is 1. The molecule has 1 aromatic carbocycles. The fourth-order valence-corrected chi connectivity index (χ4v) is 2.50. The molecule has 144 valence electrons. The molecule has 0 radical (unpaired) electrons. The zero-order valence-corrected chi connectivity index (χ0v) is 15.4. The number of benzene rings is 1. The molecule has 0 saturated heterocycles. The van der Waals surface area contributed by atoms with Gasteiger partial charge in [0.25, 0.3) is 0 Å². The fourth-order valence-electron chi connectivity index (χ4n) is 2.50. The molecule has 0 aliphatic heterocycles. The number of esters is 1. The summed E-state index contributed by atoms with van der Waals surface area (Å²) in [5.41, 5.74) is 0.730. The van der Waals surface area contributed by atoms with Gasteiger partial charge in [-0.2, -0.15) is 0 Å². The molecule has 7 heteroatoms. The molecule has 0 spiro atoms. The van der Waals surface area contributed by atoms with Crippen LogP contribution in [-0.4, -0.2) is 46.0 Å². The highest BCUT2D eigenvalue weighted by molar-refractivity contribution is 5.92. The van der Waals surface area contributed by atoms with E-state index in [0.717, 1.165) is 18.5 Å². The Morgan fingerprint density at radius 3 is 2.70 bits per heavy atom. The zero-order valence-electron chi connectivity index (χ0n) is 15.4. The fraction of sp³-hybridized carbons (Fsp3) is 0.350. The molecule has 2 aromatic rings. The molecule has 0 atom stereocenters. The minimum Gasteiger partial charge on any atom is -0.466 e. The Morgan fingerprint density at radius 2 is 2.04 bits per heavy atom. The Labute approximate surface area is 158 Å². The maximum atomic E-state index is 13.0. The van der Waals surface area contributed by atoms with Crippen molar-refractivity contribution >= 4 is 18.0 Å². The second-order valence-corrected chi connectivity index (χ2v) is 5.92. The lowest BCUT2D eigenvalue weighted by Gasteiger charge is -2.21. The SMILES string of the molecule is CCOC(=O)CCN(CCCn1ccnc1)C(=O)/C=C/c1ccc(F)cc1. The summed E-state index contributed by atoms with van der Waals surface area (Å²) in [5.74, 6) is -0.851. The molecular weight excluding hydrogens is 349 g/mol. The van der Waals surface area contributed by atoms with Crippen molar-refractivity contribution in [2.75, 3.05) is 19.7 Å². The van der Waals surface area contributed by atoms with E-state index in [1.54, 1.807) is 42.6 Å². The van der Waals surface area contributed by atoms with Gasteiger partial charge in [-0.05, 0) is 37.1 Å². The third kappa shape index (κ3) is 7.43. The van der Waals surface area contributed by atoms with Crippen molar-refractivity contribution in [1.29, 1.82) is 0 Å². The summed E-state index contributed by atoms with van der Waals surface area (Å²) in [5, 5.41) is 0. The normalized spacial score (nSPS) is 10.9. The number of aromatic nitrogens is 2. The van der Waals surface area contributed by atoms with E-state index in [1.807, 2.05) is 10.8 Å². The molecule has 0 aliphatic carbocycles. The summed E-state index contributed by atoms with van der Waals surface area (Å²) in [6.07, 6.45) is 9.24. The van der Waals surface area contributed by atoms with Crippen LogP contribution in [-0.2, 0) is 20.9 Å². The first kappa shape index (κ1) is 20.4. The molecule has 0 aliphatic rings. The lowest BCUT2D eigenvalue weighted by Crippen LogP contribution is -2.33. The van der Waals surface area contributed by atoms with Crippen LogP contribution in [0.3, 0.4) is 0 Å². The van der Waals surface area contributed by atoms with Crippen molar-refractivity contribution in [2.24, 2.45) is 0 Å². The molecule has 2 rings (SSSR count). The van der Waals surface area contributed by atoms with Gasteiger partial charge in [0.15, 0.2) is 0 Å². The Bertz CT molecular complexity index is 742. The van der Waals surface area contributed by atoms with Gasteiger partial charge in [-0.1, -0.05) is 12.1 Å². The van der Waals surface area contributed by atoms with Crippen LogP contribution < -0.4 is 0 Å². The van der Waals surface area contributed by atoms with Crippen molar-refractivity contribution in [3.8, 4) is 0 Å². The number of amides is 1. The average molecular weight is 373 g/mol. The minimum absolute atomic E-state index is 0.148. The third-order valence-corrected chi connectivity index (χ3v) is 3.89. The van der Waals surface area contributed by atoms with Gasteiger partial charge >= 0.3 is 5.97 Å². The van der Waals surface area contributed by atoms with E-state index in [1.165, 1.54) is 18.2 Å². The number of nitrogens with zero attached hydrogens (tertiary/aromatic N) is 3. The van der Waals surface area contributed by atoms with Gasteiger partial charge in [-0.3, -0.25) is 9.59 Å². The van der Waals surface area contributed by atoms with Crippen molar-refractivity contribution < 1.29 is 18.7 Å². The van der Waals surface area contributed by atoms with E-state index in [-0.39, 0.29) is 30.7 Å². The lowest BCUT2D eigenvalue weighted by atomic mass is 10.2. The van der Waals surface area contributed by atoms with Crippen LogP contribution in [0.15, 0.2) is 49.1 Å². The predicted octanol–water partition coefficient (Wildman–Crippen LogP) is 2.91. The Morgan fingerprint density at radius 1 is 1.26 bits per heavy atom. The standard InChI is InChI=1S/C20H24FN3O3/c1-2-27-20(26)10-14-24(13-3-12-23-15-11-22-16-23)19(25)9-6-17-4-7-18(21)8-5-17/h4-9,11,15-16H,2-3,10,12-14H2,1H3/b9-6+. The number of hydrogen-bond acceptors (Lipinski definition) is 4. The van der Waals surface area contributed by atoms with Crippen LogP contribution >= 0.6 is 0 Å². The molecular formula is C20H24FN3O3. The Balaban J connectivity index is 1.94. The number of ether oxygens (including phenoxy) is 1. The van der Waals surface area contributed by atoms with E-state index in [4.69, 9.17) is 4.74 Å². The first-order valence-corrected chi connectivity index (χ1v) is 8.92. The van der Waals surface area contributed by atoms with Crippen molar-refractivity contribution in [3.05, 3.63) is 60.4 Å². The largest absolute Gasteiger partial charge is 0.466 e. The maximum absolute atomic E-state index is 13.0. The summed E-state index contributed by atoms with van der Waals surface area (Å²) in [4.78, 5) is 29.8. The molecule has 0 N–H and O–H groups in total. The topological polar surface area (TPSA) is 64.4 Å². The molecule has 0 unspecified atom stereocenters. The van der Waals surface area contributed by atoms with Crippen LogP contribution in [0.1, 0.15) is 25.3 Å². The second-order valence-electron chi connectivity index (χ2n) is 5.92. The predicted molar refractivity (Wildman–Crippen MR) is 100 cm³/mol. The van der Waals surface area contributed by atoms with Gasteiger partial charge < -0.3 is 14.2 Å². The van der Waals surface area contributed by atoms with Crippen molar-refractivity contribution in [1.82, 2.24) is 14.5 Å². The van der Waals surface area contributed by atoms with Gasteiger partial charge in [0.05, 0.1) is 19.4 Å². The van der Waals surface area contributed by atoms with E-state index >= 15 is 0 Å². The zero-order chi connectivity index (χ0) is 19.5. The smallest absolute Gasteiger partial charge is 0.307 e. The number of halogens is 1. The van der Waals surface area contributed by atoms with E-state index < -0.39 is 0 Å². The van der Waals surface area contributed by atoms with Gasteiger partial charge in [0, 0.05) is 38.1 Å². The Hall–Kier alpha value is -2.96. The highest BCUT2D eigenvalue weighted by Gasteiger charge is 2.13. The van der Waals surface area contributed by atoms with Crippen LogP contribution in [0.25, 0.3) is 6.08 Å². The molecule has 0 saturated carbocycles. The van der Waals surface area contributed by atoms with Gasteiger partial charge in [-0.15, -0.1) is 0 Å². The number of carbonyl (C=O) groups is 2. The van der Waals surface area contributed by atoms with Crippen LogP contribution in [0, 0.1) is 5.82 Å².